The molecule has 1 aromatic rings. The van der Waals surface area contributed by atoms with Gasteiger partial charge < -0.3 is 10.1 Å². The average Bonchev–Trinajstić information content (AvgIpc) is 2.83. The van der Waals surface area contributed by atoms with Crippen LogP contribution in [-0.2, 0) is 6.54 Å². The van der Waals surface area contributed by atoms with Crippen LogP contribution in [0.25, 0.3) is 0 Å². The zero-order chi connectivity index (χ0) is 13.2. The molecular weight excluding hydrogens is 304 g/mol. The molecular formula is C15H21BrN2O. The molecule has 0 bridgehead atoms. The Morgan fingerprint density at radius 3 is 3.11 bits per heavy atom. The first kappa shape index (κ1) is 13.4. The van der Waals surface area contributed by atoms with Crippen LogP contribution in [-0.4, -0.2) is 37.7 Å². The number of rotatable bonds is 3. The standard InChI is InChI=1S/C15H21BrN2O/c1-19-13-4-5-14(16)12(7-13)9-18-8-11-3-2-6-17-15(11)10-18/h4-5,7,11,15,17H,2-3,6,8-10H2,1H3/t11-,15+/m0/s1. The van der Waals surface area contributed by atoms with Crippen molar-refractivity contribution in [3.63, 3.8) is 0 Å². The predicted octanol–water partition coefficient (Wildman–Crippen LogP) is 2.64. The molecule has 4 heteroatoms. The lowest BCUT2D eigenvalue weighted by Crippen LogP contribution is -2.40. The number of piperidine rings is 1. The third kappa shape index (κ3) is 2.96. The van der Waals surface area contributed by atoms with Gasteiger partial charge in [0.05, 0.1) is 7.11 Å². The molecule has 104 valence electrons. The van der Waals surface area contributed by atoms with Crippen LogP contribution in [0.1, 0.15) is 18.4 Å². The third-order valence-corrected chi connectivity index (χ3v) is 5.10. The van der Waals surface area contributed by atoms with Crippen LogP contribution in [0.3, 0.4) is 0 Å². The first-order chi connectivity index (χ1) is 9.26. The molecule has 2 saturated heterocycles. The molecule has 1 N–H and O–H groups in total. The monoisotopic (exact) mass is 324 g/mol. The van der Waals surface area contributed by atoms with Crippen molar-refractivity contribution in [1.82, 2.24) is 10.2 Å². The number of benzene rings is 1. The van der Waals surface area contributed by atoms with Crippen molar-refractivity contribution in [2.24, 2.45) is 5.92 Å². The molecule has 2 aliphatic heterocycles. The van der Waals surface area contributed by atoms with Gasteiger partial charge in [-0.05, 0) is 49.1 Å². The maximum Gasteiger partial charge on any atom is 0.119 e. The highest BCUT2D eigenvalue weighted by molar-refractivity contribution is 9.10. The zero-order valence-corrected chi connectivity index (χ0v) is 12.9. The maximum atomic E-state index is 5.32. The van der Waals surface area contributed by atoms with Gasteiger partial charge in [-0.1, -0.05) is 15.9 Å². The molecule has 1 aromatic carbocycles. The van der Waals surface area contributed by atoms with E-state index in [-0.39, 0.29) is 0 Å². The van der Waals surface area contributed by atoms with Crippen molar-refractivity contribution in [3.8, 4) is 5.75 Å². The fraction of sp³-hybridized carbons (Fsp3) is 0.600. The van der Waals surface area contributed by atoms with Gasteiger partial charge in [0.2, 0.25) is 0 Å². The second-order valence-electron chi connectivity index (χ2n) is 5.61. The second kappa shape index (κ2) is 5.81. The molecule has 0 aliphatic carbocycles. The van der Waals surface area contributed by atoms with Crippen molar-refractivity contribution in [2.75, 3.05) is 26.7 Å². The smallest absolute Gasteiger partial charge is 0.119 e. The number of nitrogens with one attached hydrogen (secondary N) is 1. The topological polar surface area (TPSA) is 24.5 Å². The number of likely N-dealkylation sites (tertiary alicyclic amines) is 1. The number of ether oxygens (including phenoxy) is 1. The highest BCUT2D eigenvalue weighted by atomic mass is 79.9. The molecule has 2 fully saturated rings. The predicted molar refractivity (Wildman–Crippen MR) is 80.5 cm³/mol. The van der Waals surface area contributed by atoms with Crippen molar-refractivity contribution in [1.29, 1.82) is 0 Å². The van der Waals surface area contributed by atoms with E-state index in [2.05, 4.69) is 38.3 Å². The molecule has 2 heterocycles. The summed E-state index contributed by atoms with van der Waals surface area (Å²) < 4.78 is 6.49. The fourth-order valence-electron chi connectivity index (χ4n) is 3.31. The fourth-order valence-corrected chi connectivity index (χ4v) is 3.68. The molecule has 0 aromatic heterocycles. The van der Waals surface area contributed by atoms with Crippen LogP contribution in [0.5, 0.6) is 5.75 Å². The summed E-state index contributed by atoms with van der Waals surface area (Å²) in [7, 11) is 1.72. The second-order valence-corrected chi connectivity index (χ2v) is 6.47. The molecule has 3 nitrogen and oxygen atoms in total. The Kier molecular flexibility index (Phi) is 4.10. The van der Waals surface area contributed by atoms with Crippen LogP contribution < -0.4 is 10.1 Å². The van der Waals surface area contributed by atoms with Gasteiger partial charge in [-0.3, -0.25) is 4.90 Å². The minimum Gasteiger partial charge on any atom is -0.497 e. The summed E-state index contributed by atoms with van der Waals surface area (Å²) in [6, 6.07) is 6.92. The largest absolute Gasteiger partial charge is 0.497 e. The summed E-state index contributed by atoms with van der Waals surface area (Å²) in [5.74, 6) is 1.78. The SMILES string of the molecule is COc1ccc(Br)c(CN2C[C@@H]3CCCN[C@@H]3C2)c1. The summed E-state index contributed by atoms with van der Waals surface area (Å²) in [5.41, 5.74) is 1.32. The van der Waals surface area contributed by atoms with Crippen LogP contribution in [0.15, 0.2) is 22.7 Å². The lowest BCUT2D eigenvalue weighted by atomic mass is 9.94. The number of fused-ring (bicyclic) bond motifs is 1. The highest BCUT2D eigenvalue weighted by Crippen LogP contribution is 2.29. The van der Waals surface area contributed by atoms with Gasteiger partial charge in [-0.2, -0.15) is 0 Å². The number of methoxy groups -OCH3 is 1. The van der Waals surface area contributed by atoms with Gasteiger partial charge >= 0.3 is 0 Å². The van der Waals surface area contributed by atoms with Gasteiger partial charge in [0.25, 0.3) is 0 Å². The molecule has 2 atom stereocenters. The van der Waals surface area contributed by atoms with E-state index >= 15 is 0 Å². The van der Waals surface area contributed by atoms with E-state index in [1.165, 1.54) is 42.5 Å². The third-order valence-electron chi connectivity index (χ3n) is 4.32. The normalized spacial score (nSPS) is 27.3. The van der Waals surface area contributed by atoms with Crippen LogP contribution in [0, 0.1) is 5.92 Å². The summed E-state index contributed by atoms with van der Waals surface area (Å²) in [6.45, 7) is 4.60. The van der Waals surface area contributed by atoms with Crippen LogP contribution in [0.2, 0.25) is 0 Å². The van der Waals surface area contributed by atoms with E-state index in [4.69, 9.17) is 4.74 Å². The van der Waals surface area contributed by atoms with Gasteiger partial charge in [0.15, 0.2) is 0 Å². The molecule has 19 heavy (non-hydrogen) atoms. The molecule has 0 spiro atoms. The molecule has 0 unspecified atom stereocenters. The summed E-state index contributed by atoms with van der Waals surface area (Å²) in [5, 5.41) is 3.66. The van der Waals surface area contributed by atoms with E-state index in [1.807, 2.05) is 6.07 Å². The van der Waals surface area contributed by atoms with Crippen molar-refractivity contribution < 1.29 is 4.74 Å². The van der Waals surface area contributed by atoms with Crippen LogP contribution >= 0.6 is 15.9 Å². The minimum atomic E-state index is 0.707. The minimum absolute atomic E-state index is 0.707. The Morgan fingerprint density at radius 1 is 1.42 bits per heavy atom. The van der Waals surface area contributed by atoms with Crippen molar-refractivity contribution in [3.05, 3.63) is 28.2 Å². The highest BCUT2D eigenvalue weighted by Gasteiger charge is 2.34. The molecule has 0 amide bonds. The lowest BCUT2D eigenvalue weighted by molar-refractivity contribution is 0.311. The first-order valence-electron chi connectivity index (χ1n) is 7.04. The van der Waals surface area contributed by atoms with Crippen LogP contribution in [0.4, 0.5) is 0 Å². The van der Waals surface area contributed by atoms with E-state index < -0.39 is 0 Å². The zero-order valence-electron chi connectivity index (χ0n) is 11.4. The molecule has 3 rings (SSSR count). The van der Waals surface area contributed by atoms with E-state index in [0.717, 1.165) is 18.2 Å². The molecule has 2 aliphatic rings. The maximum absolute atomic E-state index is 5.32. The Balaban J connectivity index is 1.68. The van der Waals surface area contributed by atoms with Gasteiger partial charge in [0, 0.05) is 30.1 Å². The number of halogens is 1. The van der Waals surface area contributed by atoms with E-state index in [9.17, 15) is 0 Å². The van der Waals surface area contributed by atoms with Gasteiger partial charge in [0.1, 0.15) is 5.75 Å². The summed E-state index contributed by atoms with van der Waals surface area (Å²) in [4.78, 5) is 2.56. The Bertz CT molecular complexity index is 438. The average molecular weight is 325 g/mol. The number of hydrogen-bond acceptors (Lipinski definition) is 3. The van der Waals surface area contributed by atoms with E-state index in [1.54, 1.807) is 7.11 Å². The molecule has 0 saturated carbocycles. The number of hydrogen-bond donors (Lipinski definition) is 1. The first-order valence-corrected chi connectivity index (χ1v) is 7.83. The van der Waals surface area contributed by atoms with Gasteiger partial charge in [-0.15, -0.1) is 0 Å². The Labute approximate surface area is 123 Å². The Hall–Kier alpha value is -0.580. The summed E-state index contributed by atoms with van der Waals surface area (Å²) in [6.07, 6.45) is 2.71. The van der Waals surface area contributed by atoms with Crippen molar-refractivity contribution >= 4 is 15.9 Å². The van der Waals surface area contributed by atoms with Gasteiger partial charge in [-0.25, -0.2) is 0 Å². The summed E-state index contributed by atoms with van der Waals surface area (Å²) >= 11 is 3.65. The van der Waals surface area contributed by atoms with E-state index in [0.29, 0.717) is 6.04 Å². The number of nitrogens with zero attached hydrogens (tertiary/aromatic N) is 1. The molecule has 0 radical (unpaired) electrons. The Morgan fingerprint density at radius 2 is 2.32 bits per heavy atom. The lowest BCUT2D eigenvalue weighted by Gasteiger charge is -2.24. The quantitative estimate of drug-likeness (QED) is 0.925. The van der Waals surface area contributed by atoms with Crippen molar-refractivity contribution in [2.45, 2.75) is 25.4 Å².